The van der Waals surface area contributed by atoms with Crippen LogP contribution in [0.25, 0.3) is 0 Å². The molecule has 166 valence electrons. The predicted molar refractivity (Wildman–Crippen MR) is 128 cm³/mol. The summed E-state index contributed by atoms with van der Waals surface area (Å²) in [6.07, 6.45) is 4.78. The third-order valence-corrected chi connectivity index (χ3v) is 6.40. The highest BCUT2D eigenvalue weighted by Gasteiger charge is 2.29. The van der Waals surface area contributed by atoms with Crippen LogP contribution >= 0.6 is 11.6 Å². The van der Waals surface area contributed by atoms with Gasteiger partial charge in [0.2, 0.25) is 5.95 Å². The van der Waals surface area contributed by atoms with Crippen molar-refractivity contribution in [3.63, 3.8) is 0 Å². The van der Waals surface area contributed by atoms with Gasteiger partial charge in [0, 0.05) is 17.8 Å². The lowest BCUT2D eigenvalue weighted by molar-refractivity contribution is 0.0694. The number of aryl methyl sites for hydroxylation is 2. The Kier molecular flexibility index (Phi) is 6.75. The number of anilines is 1. The number of hydrogen-bond acceptors (Lipinski definition) is 4. The van der Waals surface area contributed by atoms with Crippen molar-refractivity contribution in [2.24, 2.45) is 0 Å². The van der Waals surface area contributed by atoms with Gasteiger partial charge < -0.3 is 10.0 Å². The zero-order valence-electron chi connectivity index (χ0n) is 18.5. The molecule has 1 N–H and O–H groups in total. The quantitative estimate of drug-likeness (QED) is 0.473. The monoisotopic (exact) mass is 449 g/mol. The number of benzene rings is 2. The van der Waals surface area contributed by atoms with E-state index in [1.165, 1.54) is 22.9 Å². The number of halogens is 1. The van der Waals surface area contributed by atoms with Crippen molar-refractivity contribution in [1.82, 2.24) is 9.97 Å². The van der Waals surface area contributed by atoms with Crippen LogP contribution in [0, 0.1) is 0 Å². The summed E-state index contributed by atoms with van der Waals surface area (Å²) in [5.74, 6) is 0.0936. The zero-order chi connectivity index (χ0) is 22.7. The second kappa shape index (κ2) is 9.70. The van der Waals surface area contributed by atoms with E-state index in [-0.39, 0.29) is 11.6 Å². The summed E-state index contributed by atoms with van der Waals surface area (Å²) in [6, 6.07) is 16.6. The van der Waals surface area contributed by atoms with Gasteiger partial charge >= 0.3 is 5.97 Å². The Morgan fingerprint density at radius 3 is 2.50 bits per heavy atom. The third kappa shape index (κ3) is 4.94. The number of rotatable bonds is 7. The molecule has 4 rings (SSSR count). The van der Waals surface area contributed by atoms with Crippen molar-refractivity contribution >= 4 is 23.5 Å². The summed E-state index contributed by atoms with van der Waals surface area (Å²) in [6.45, 7) is 5.19. The van der Waals surface area contributed by atoms with E-state index in [0.29, 0.717) is 29.0 Å². The first-order valence-corrected chi connectivity index (χ1v) is 11.5. The Balaban J connectivity index is 1.57. The van der Waals surface area contributed by atoms with Crippen molar-refractivity contribution in [2.45, 2.75) is 51.5 Å². The van der Waals surface area contributed by atoms with Gasteiger partial charge in [-0.25, -0.2) is 14.8 Å². The third-order valence-electron chi connectivity index (χ3n) is 6.15. The average molecular weight is 450 g/mol. The van der Waals surface area contributed by atoms with Crippen LogP contribution in [0.4, 0.5) is 5.95 Å². The minimum Gasteiger partial charge on any atom is -0.478 e. The van der Waals surface area contributed by atoms with Crippen LogP contribution < -0.4 is 4.90 Å². The SMILES string of the molecule is CC(C)c1ccc(CCc2nc(N3CCC[C@@H]3c3ccc(Cl)cc3)ncc2C(=O)O)cc1. The highest BCUT2D eigenvalue weighted by Crippen LogP contribution is 2.35. The molecule has 0 aliphatic carbocycles. The van der Waals surface area contributed by atoms with Gasteiger partial charge in [-0.15, -0.1) is 0 Å². The molecule has 0 bridgehead atoms. The number of aromatic carboxylic acids is 1. The number of aromatic nitrogens is 2. The van der Waals surface area contributed by atoms with Crippen molar-refractivity contribution in [3.05, 3.63) is 87.7 Å². The molecule has 1 aliphatic heterocycles. The normalized spacial score (nSPS) is 16.0. The van der Waals surface area contributed by atoms with E-state index in [4.69, 9.17) is 16.6 Å². The Morgan fingerprint density at radius 2 is 1.84 bits per heavy atom. The maximum atomic E-state index is 11.8. The predicted octanol–water partition coefficient (Wildman–Crippen LogP) is 6.08. The molecule has 3 aromatic rings. The number of carbonyl (C=O) groups is 1. The summed E-state index contributed by atoms with van der Waals surface area (Å²) in [5, 5.41) is 10.4. The van der Waals surface area contributed by atoms with Crippen LogP contribution in [0.5, 0.6) is 0 Å². The van der Waals surface area contributed by atoms with Crippen molar-refractivity contribution in [1.29, 1.82) is 0 Å². The van der Waals surface area contributed by atoms with E-state index >= 15 is 0 Å². The number of nitrogens with zero attached hydrogens (tertiary/aromatic N) is 3. The standard InChI is InChI=1S/C26H28ClN3O2/c1-17(2)19-8-5-18(6-9-19)7-14-23-22(25(31)32)16-28-26(29-23)30-15-3-4-24(30)20-10-12-21(27)13-11-20/h5-6,8-13,16-17,24H,3-4,7,14-15H2,1-2H3,(H,31,32)/t24-/m1/s1. The van der Waals surface area contributed by atoms with E-state index in [9.17, 15) is 9.90 Å². The van der Waals surface area contributed by atoms with Gasteiger partial charge in [-0.1, -0.05) is 61.8 Å². The highest BCUT2D eigenvalue weighted by atomic mass is 35.5. The van der Waals surface area contributed by atoms with Crippen LogP contribution in [0.1, 0.15) is 71.4 Å². The van der Waals surface area contributed by atoms with Crippen molar-refractivity contribution < 1.29 is 9.90 Å². The van der Waals surface area contributed by atoms with Gasteiger partial charge in [0.05, 0.1) is 17.3 Å². The van der Waals surface area contributed by atoms with E-state index in [2.05, 4.69) is 48.0 Å². The zero-order valence-corrected chi connectivity index (χ0v) is 19.2. The molecule has 2 heterocycles. The number of hydrogen-bond donors (Lipinski definition) is 1. The van der Waals surface area contributed by atoms with Gasteiger partial charge in [0.25, 0.3) is 0 Å². The number of carboxylic acid groups (broad SMARTS) is 1. The lowest BCUT2D eigenvalue weighted by Crippen LogP contribution is -2.25. The maximum Gasteiger partial charge on any atom is 0.339 e. The molecular formula is C26H28ClN3O2. The molecule has 6 heteroatoms. The second-order valence-electron chi connectivity index (χ2n) is 8.63. The van der Waals surface area contributed by atoms with Crippen LogP contribution in [-0.4, -0.2) is 27.6 Å². The molecule has 2 aromatic carbocycles. The minimum atomic E-state index is -0.989. The first-order valence-electron chi connectivity index (χ1n) is 11.1. The minimum absolute atomic E-state index is 0.166. The van der Waals surface area contributed by atoms with Crippen molar-refractivity contribution in [2.75, 3.05) is 11.4 Å². The highest BCUT2D eigenvalue weighted by molar-refractivity contribution is 6.30. The Labute approximate surface area is 194 Å². The summed E-state index contributed by atoms with van der Waals surface area (Å²) in [5.41, 5.74) is 4.40. The first-order chi connectivity index (χ1) is 15.4. The summed E-state index contributed by atoms with van der Waals surface area (Å²) < 4.78 is 0. The molecule has 0 radical (unpaired) electrons. The van der Waals surface area contributed by atoms with Crippen molar-refractivity contribution in [3.8, 4) is 0 Å². The lowest BCUT2D eigenvalue weighted by atomic mass is 9.99. The van der Waals surface area contributed by atoms with E-state index in [1.54, 1.807) is 0 Å². The molecule has 0 unspecified atom stereocenters. The fourth-order valence-electron chi connectivity index (χ4n) is 4.28. The molecule has 0 spiro atoms. The first kappa shape index (κ1) is 22.3. The number of carboxylic acids is 1. The molecule has 0 saturated carbocycles. The smallest absolute Gasteiger partial charge is 0.339 e. The maximum absolute atomic E-state index is 11.8. The Morgan fingerprint density at radius 1 is 1.12 bits per heavy atom. The van der Waals surface area contributed by atoms with Crippen LogP contribution in [0.2, 0.25) is 5.02 Å². The second-order valence-corrected chi connectivity index (χ2v) is 9.07. The van der Waals surface area contributed by atoms with E-state index < -0.39 is 5.97 Å². The molecule has 1 atom stereocenters. The van der Waals surface area contributed by atoms with Gasteiger partial charge in [-0.05, 0) is 60.4 Å². The molecule has 1 aliphatic rings. The van der Waals surface area contributed by atoms with Gasteiger partial charge in [-0.3, -0.25) is 0 Å². The molecule has 0 amide bonds. The van der Waals surface area contributed by atoms with Gasteiger partial charge in [-0.2, -0.15) is 0 Å². The summed E-state index contributed by atoms with van der Waals surface area (Å²) in [4.78, 5) is 23.1. The molecule has 5 nitrogen and oxygen atoms in total. The van der Waals surface area contributed by atoms with Gasteiger partial charge in [0.15, 0.2) is 0 Å². The molecule has 1 saturated heterocycles. The molecule has 1 fully saturated rings. The topological polar surface area (TPSA) is 66.3 Å². The molecule has 1 aromatic heterocycles. The largest absolute Gasteiger partial charge is 0.478 e. The van der Waals surface area contributed by atoms with E-state index in [0.717, 1.165) is 25.8 Å². The summed E-state index contributed by atoms with van der Waals surface area (Å²) >= 11 is 6.05. The Hall–Kier alpha value is -2.92. The van der Waals surface area contributed by atoms with Crippen LogP contribution in [-0.2, 0) is 12.8 Å². The fourth-order valence-corrected chi connectivity index (χ4v) is 4.41. The van der Waals surface area contributed by atoms with Gasteiger partial charge in [0.1, 0.15) is 0 Å². The lowest BCUT2D eigenvalue weighted by Gasteiger charge is -2.25. The van der Waals surface area contributed by atoms with Crippen LogP contribution in [0.3, 0.4) is 0 Å². The Bertz CT molecular complexity index is 1080. The average Bonchev–Trinajstić information content (AvgIpc) is 3.28. The summed E-state index contributed by atoms with van der Waals surface area (Å²) in [7, 11) is 0. The van der Waals surface area contributed by atoms with E-state index in [1.807, 2.05) is 24.3 Å². The molecular weight excluding hydrogens is 422 g/mol. The molecule has 32 heavy (non-hydrogen) atoms. The fraction of sp³-hybridized carbons (Fsp3) is 0.346. The van der Waals surface area contributed by atoms with Crippen LogP contribution in [0.15, 0.2) is 54.7 Å².